The van der Waals surface area contributed by atoms with E-state index < -0.39 is 0 Å². The molecule has 0 amide bonds. The minimum absolute atomic E-state index is 0.187. The number of furan rings is 1. The fourth-order valence-electron chi connectivity index (χ4n) is 2.51. The van der Waals surface area contributed by atoms with E-state index in [1.54, 1.807) is 7.11 Å². The Balaban J connectivity index is 2.14. The zero-order valence-corrected chi connectivity index (χ0v) is 13.4. The smallest absolute Gasteiger partial charge is 0.134 e. The topological polar surface area (TPSA) is 37.6 Å². The molecule has 0 spiro atoms. The highest BCUT2D eigenvalue weighted by molar-refractivity contribution is 5.77. The van der Waals surface area contributed by atoms with Crippen LogP contribution in [0.1, 0.15) is 25.6 Å². The first-order chi connectivity index (χ1) is 10.2. The maximum absolute atomic E-state index is 6.00. The molecule has 2 atom stereocenters. The van der Waals surface area contributed by atoms with E-state index in [1.165, 1.54) is 0 Å². The van der Waals surface area contributed by atoms with Crippen LogP contribution in [0.15, 0.2) is 34.7 Å². The maximum Gasteiger partial charge on any atom is 0.134 e. The standard InChI is InChI=1S/C17H26N2O2/c1-5-18-15(11-19(3)13(2)12-20-4)17-10-14-8-6-7-9-16(14)21-17/h6-10,13,15,18H,5,11-12H2,1-4H3. The Morgan fingerprint density at radius 1 is 1.33 bits per heavy atom. The lowest BCUT2D eigenvalue weighted by Crippen LogP contribution is -2.39. The highest BCUT2D eigenvalue weighted by Crippen LogP contribution is 2.24. The van der Waals surface area contributed by atoms with E-state index in [4.69, 9.17) is 9.15 Å². The molecular formula is C17H26N2O2. The minimum Gasteiger partial charge on any atom is -0.459 e. The molecule has 4 heteroatoms. The van der Waals surface area contributed by atoms with Gasteiger partial charge in [0.2, 0.25) is 0 Å². The predicted molar refractivity (Wildman–Crippen MR) is 86.6 cm³/mol. The van der Waals surface area contributed by atoms with Gasteiger partial charge >= 0.3 is 0 Å². The third-order valence-electron chi connectivity index (χ3n) is 3.87. The Morgan fingerprint density at radius 3 is 2.76 bits per heavy atom. The van der Waals surface area contributed by atoms with E-state index in [1.807, 2.05) is 18.2 Å². The molecule has 1 N–H and O–H groups in total. The first-order valence-corrected chi connectivity index (χ1v) is 7.56. The number of benzene rings is 1. The van der Waals surface area contributed by atoms with Gasteiger partial charge in [-0.2, -0.15) is 0 Å². The van der Waals surface area contributed by atoms with Crippen molar-refractivity contribution in [2.45, 2.75) is 25.9 Å². The lowest BCUT2D eigenvalue weighted by Gasteiger charge is -2.28. The second kappa shape index (κ2) is 7.59. The summed E-state index contributed by atoms with van der Waals surface area (Å²) in [5.74, 6) is 0.995. The number of hydrogen-bond acceptors (Lipinski definition) is 4. The third kappa shape index (κ3) is 4.06. The average molecular weight is 290 g/mol. The van der Waals surface area contributed by atoms with Crippen LogP contribution in [0.25, 0.3) is 11.0 Å². The Labute approximate surface area is 127 Å². The van der Waals surface area contributed by atoms with Crippen molar-refractivity contribution < 1.29 is 9.15 Å². The van der Waals surface area contributed by atoms with Gasteiger partial charge < -0.3 is 14.5 Å². The number of rotatable bonds is 8. The SMILES string of the molecule is CCNC(CN(C)C(C)COC)c1cc2ccccc2o1. The first-order valence-electron chi connectivity index (χ1n) is 7.56. The molecule has 2 unspecified atom stereocenters. The van der Waals surface area contributed by atoms with Crippen molar-refractivity contribution in [1.82, 2.24) is 10.2 Å². The van der Waals surface area contributed by atoms with Crippen LogP contribution in [-0.4, -0.2) is 44.8 Å². The molecule has 1 heterocycles. The molecule has 2 rings (SSSR count). The van der Waals surface area contributed by atoms with Crippen LogP contribution in [0, 0.1) is 0 Å². The fraction of sp³-hybridized carbons (Fsp3) is 0.529. The zero-order valence-electron chi connectivity index (χ0n) is 13.4. The molecule has 2 aromatic rings. The van der Waals surface area contributed by atoms with Gasteiger partial charge in [0.05, 0.1) is 12.6 Å². The summed E-state index contributed by atoms with van der Waals surface area (Å²) in [4.78, 5) is 2.30. The maximum atomic E-state index is 6.00. The van der Waals surface area contributed by atoms with E-state index in [0.29, 0.717) is 6.04 Å². The van der Waals surface area contributed by atoms with Crippen molar-refractivity contribution in [3.05, 3.63) is 36.1 Å². The Kier molecular flexibility index (Phi) is 5.79. The Morgan fingerprint density at radius 2 is 2.10 bits per heavy atom. The van der Waals surface area contributed by atoms with Crippen molar-refractivity contribution in [1.29, 1.82) is 0 Å². The second-order valence-electron chi connectivity index (χ2n) is 5.54. The van der Waals surface area contributed by atoms with Crippen molar-refractivity contribution in [3.8, 4) is 0 Å². The summed E-state index contributed by atoms with van der Waals surface area (Å²) in [6, 6.07) is 10.8. The monoisotopic (exact) mass is 290 g/mol. The summed E-state index contributed by atoms with van der Waals surface area (Å²) in [5, 5.41) is 4.67. The van der Waals surface area contributed by atoms with Crippen LogP contribution in [0.5, 0.6) is 0 Å². The van der Waals surface area contributed by atoms with Crippen molar-refractivity contribution >= 4 is 11.0 Å². The molecule has 21 heavy (non-hydrogen) atoms. The summed E-state index contributed by atoms with van der Waals surface area (Å²) in [5.41, 5.74) is 0.947. The van der Waals surface area contributed by atoms with Gasteiger partial charge in [-0.05, 0) is 32.6 Å². The van der Waals surface area contributed by atoms with Gasteiger partial charge in [-0.3, -0.25) is 4.90 Å². The van der Waals surface area contributed by atoms with Gasteiger partial charge in [0, 0.05) is 25.1 Å². The zero-order chi connectivity index (χ0) is 15.2. The molecule has 4 nitrogen and oxygen atoms in total. The minimum atomic E-state index is 0.187. The van der Waals surface area contributed by atoms with Gasteiger partial charge in [0.1, 0.15) is 11.3 Å². The lowest BCUT2D eigenvalue weighted by atomic mass is 10.1. The summed E-state index contributed by atoms with van der Waals surface area (Å²) >= 11 is 0. The Hall–Kier alpha value is -1.36. The van der Waals surface area contributed by atoms with Gasteiger partial charge in [0.25, 0.3) is 0 Å². The van der Waals surface area contributed by atoms with E-state index in [2.05, 4.69) is 43.2 Å². The summed E-state index contributed by atoms with van der Waals surface area (Å²) < 4.78 is 11.2. The van der Waals surface area contributed by atoms with E-state index >= 15 is 0 Å². The van der Waals surface area contributed by atoms with Crippen molar-refractivity contribution in [3.63, 3.8) is 0 Å². The molecule has 0 fully saturated rings. The number of nitrogens with zero attached hydrogens (tertiary/aromatic N) is 1. The Bertz CT molecular complexity index is 519. The van der Waals surface area contributed by atoms with E-state index in [9.17, 15) is 0 Å². The lowest BCUT2D eigenvalue weighted by molar-refractivity contribution is 0.107. The number of methoxy groups -OCH3 is 1. The highest BCUT2D eigenvalue weighted by atomic mass is 16.5. The van der Waals surface area contributed by atoms with Crippen LogP contribution in [0.2, 0.25) is 0 Å². The molecule has 0 aliphatic carbocycles. The van der Waals surface area contributed by atoms with Crippen molar-refractivity contribution in [2.75, 3.05) is 33.9 Å². The van der Waals surface area contributed by atoms with Crippen molar-refractivity contribution in [2.24, 2.45) is 0 Å². The number of ether oxygens (including phenoxy) is 1. The highest BCUT2D eigenvalue weighted by Gasteiger charge is 2.19. The molecule has 1 aromatic heterocycles. The quantitative estimate of drug-likeness (QED) is 0.811. The molecule has 116 valence electrons. The number of likely N-dealkylation sites (N-methyl/N-ethyl adjacent to an activating group) is 2. The number of fused-ring (bicyclic) bond motifs is 1. The van der Waals surface area contributed by atoms with Crippen LogP contribution in [-0.2, 0) is 4.74 Å². The van der Waals surface area contributed by atoms with Crippen LogP contribution >= 0.6 is 0 Å². The van der Waals surface area contributed by atoms with Gasteiger partial charge in [-0.1, -0.05) is 25.1 Å². The fourth-order valence-corrected chi connectivity index (χ4v) is 2.51. The molecule has 0 radical (unpaired) electrons. The number of nitrogens with one attached hydrogen (secondary N) is 1. The van der Waals surface area contributed by atoms with Gasteiger partial charge in [-0.25, -0.2) is 0 Å². The van der Waals surface area contributed by atoms with Crippen LogP contribution in [0.4, 0.5) is 0 Å². The summed E-state index contributed by atoms with van der Waals surface area (Å²) in [7, 11) is 3.86. The van der Waals surface area contributed by atoms with E-state index in [0.717, 1.165) is 36.4 Å². The number of hydrogen-bond donors (Lipinski definition) is 1. The molecule has 0 aliphatic rings. The normalized spacial score (nSPS) is 14.7. The molecule has 0 aliphatic heterocycles. The van der Waals surface area contributed by atoms with Crippen LogP contribution < -0.4 is 5.32 Å². The molecular weight excluding hydrogens is 264 g/mol. The van der Waals surface area contributed by atoms with Gasteiger partial charge in [-0.15, -0.1) is 0 Å². The van der Waals surface area contributed by atoms with Crippen LogP contribution in [0.3, 0.4) is 0 Å². The molecule has 0 saturated heterocycles. The average Bonchev–Trinajstić information content (AvgIpc) is 2.90. The van der Waals surface area contributed by atoms with Gasteiger partial charge in [0.15, 0.2) is 0 Å². The predicted octanol–water partition coefficient (Wildman–Crippen LogP) is 3.05. The summed E-state index contributed by atoms with van der Waals surface area (Å²) in [6.07, 6.45) is 0. The third-order valence-corrected chi connectivity index (χ3v) is 3.87. The molecule has 1 aromatic carbocycles. The molecule has 0 saturated carbocycles. The number of para-hydroxylation sites is 1. The molecule has 0 bridgehead atoms. The summed E-state index contributed by atoms with van der Waals surface area (Å²) in [6.45, 7) is 6.82. The first kappa shape index (κ1) is 16.0. The largest absolute Gasteiger partial charge is 0.459 e. The van der Waals surface area contributed by atoms with E-state index in [-0.39, 0.29) is 6.04 Å². The second-order valence-corrected chi connectivity index (χ2v) is 5.54.